The van der Waals surface area contributed by atoms with E-state index in [1.165, 1.54) is 44.9 Å². The predicted molar refractivity (Wildman–Crippen MR) is 192 cm³/mol. The molecule has 0 aromatic carbocycles. The minimum Gasteiger partial charge on any atom is -0.413 e. The van der Waals surface area contributed by atoms with Gasteiger partial charge >= 0.3 is 0 Å². The molecule has 46 heavy (non-hydrogen) atoms. The van der Waals surface area contributed by atoms with Crippen molar-refractivity contribution in [3.63, 3.8) is 0 Å². The van der Waals surface area contributed by atoms with E-state index in [1.807, 2.05) is 0 Å². The van der Waals surface area contributed by atoms with E-state index < -0.39 is 30.1 Å². The van der Waals surface area contributed by atoms with Crippen molar-refractivity contribution in [3.8, 4) is 0 Å². The van der Waals surface area contributed by atoms with Crippen LogP contribution in [0.4, 0.5) is 0 Å². The highest BCUT2D eigenvalue weighted by Gasteiger charge is 2.64. The molecule has 7 nitrogen and oxygen atoms in total. The maximum absolute atomic E-state index is 12.1. The van der Waals surface area contributed by atoms with E-state index in [0.29, 0.717) is 30.3 Å². The van der Waals surface area contributed by atoms with Gasteiger partial charge in [0.1, 0.15) is 0 Å². The Morgan fingerprint density at radius 1 is 0.957 bits per heavy atom. The average Bonchev–Trinajstić information content (AvgIpc) is 3.18. The van der Waals surface area contributed by atoms with Crippen LogP contribution in [0.2, 0.25) is 18.1 Å². The van der Waals surface area contributed by atoms with Gasteiger partial charge in [0.05, 0.1) is 24.0 Å². The molecule has 8 atom stereocenters. The van der Waals surface area contributed by atoms with Gasteiger partial charge in [0, 0.05) is 4.91 Å². The smallest absolute Gasteiger partial charge is 0.264 e. The van der Waals surface area contributed by atoms with Crippen molar-refractivity contribution in [1.82, 2.24) is 0 Å². The highest BCUT2D eigenvalue weighted by molar-refractivity contribution is 7.86. The van der Waals surface area contributed by atoms with Crippen LogP contribution in [0.3, 0.4) is 0 Å². The summed E-state index contributed by atoms with van der Waals surface area (Å²) in [5, 5.41) is 4.13. The minimum absolute atomic E-state index is 0.142. The highest BCUT2D eigenvalue weighted by atomic mass is 32.2. The van der Waals surface area contributed by atoms with Crippen LogP contribution in [0, 0.1) is 39.4 Å². The molecule has 0 heterocycles. The van der Waals surface area contributed by atoms with Crippen LogP contribution in [-0.4, -0.2) is 40.7 Å². The summed E-state index contributed by atoms with van der Waals surface area (Å²) in [6.07, 6.45) is 11.8. The lowest BCUT2D eigenvalue weighted by Crippen LogP contribution is -2.58. The second-order valence-electron chi connectivity index (χ2n) is 19.3. The van der Waals surface area contributed by atoms with Gasteiger partial charge in [0.15, 0.2) is 8.32 Å². The van der Waals surface area contributed by atoms with Gasteiger partial charge < -0.3 is 4.43 Å². The zero-order valence-corrected chi connectivity index (χ0v) is 33.7. The minimum atomic E-state index is -3.68. The van der Waals surface area contributed by atoms with Gasteiger partial charge in [0.2, 0.25) is 0 Å². The van der Waals surface area contributed by atoms with Crippen molar-refractivity contribution in [2.75, 3.05) is 6.26 Å². The molecule has 0 aromatic heterocycles. The third-order valence-corrected chi connectivity index (χ3v) is 20.0. The van der Waals surface area contributed by atoms with Gasteiger partial charge in [-0.2, -0.15) is 8.42 Å². The normalized spacial score (nSPS) is 36.3. The molecule has 0 N–H and O–H groups in total. The number of fused-ring (bicyclic) bond motifs is 4. The van der Waals surface area contributed by atoms with E-state index in [1.54, 1.807) is 25.0 Å². The van der Waals surface area contributed by atoms with Crippen LogP contribution in [0.15, 0.2) is 16.3 Å². The van der Waals surface area contributed by atoms with Gasteiger partial charge in [-0.1, -0.05) is 92.4 Å². The molecule has 0 spiro atoms. The van der Waals surface area contributed by atoms with Crippen LogP contribution in [0.5, 0.6) is 0 Å². The predicted octanol–water partition coefficient (Wildman–Crippen LogP) is 11.0. The van der Waals surface area contributed by atoms with E-state index in [4.69, 9.17) is 14.1 Å². The van der Waals surface area contributed by atoms with Crippen molar-refractivity contribution in [1.29, 1.82) is 0 Å². The fourth-order valence-corrected chi connectivity index (χ4v) is 13.1. The summed E-state index contributed by atoms with van der Waals surface area (Å²) in [6, 6.07) is 0. The first-order valence-electron chi connectivity index (χ1n) is 18.1. The Morgan fingerprint density at radius 2 is 1.59 bits per heavy atom. The van der Waals surface area contributed by atoms with E-state index >= 15 is 0 Å². The number of allylic oxidation sites excluding steroid dienone is 2. The summed E-state index contributed by atoms with van der Waals surface area (Å²) in [5.74, 6) is 1.61. The Morgan fingerprint density at radius 3 is 2.15 bits per heavy atom. The largest absolute Gasteiger partial charge is 0.413 e. The SMILES string of the molecule is C[C@H](CCC(OS(C)(=O)=O)C(C)(C)N=[N+]=[N-])[C@H]1CC[C@@]2(C)C3=C(CC[C@]12C)[C@@]1(C)CC[C@H](O[Si](C)(C)C(C)(C)C)C(C)(C)[C@@H]1CC3. The molecule has 2 fully saturated rings. The Kier molecular flexibility index (Phi) is 10.0. The van der Waals surface area contributed by atoms with Crippen LogP contribution in [0.25, 0.3) is 10.4 Å². The summed E-state index contributed by atoms with van der Waals surface area (Å²) >= 11 is 0. The molecule has 0 bridgehead atoms. The third-order valence-electron chi connectivity index (χ3n) is 14.9. The summed E-state index contributed by atoms with van der Waals surface area (Å²) < 4.78 is 37.0. The standard InChI is InChI=1S/C37H67N3O4SSi/c1-25(15-18-31(43-45(12,41)42)34(7,8)39-40-38)26-19-23-37(11)28-16-17-29-33(5,6)30(44-46(13,14)32(2,3)4)21-22-35(29,9)27(28)20-24-36(26,37)10/h25-26,29-31H,15-24H2,1-14H3/t25-,26-,29+,30+,31?,35-,36-,37+/m1/s1. The zero-order valence-electron chi connectivity index (χ0n) is 31.8. The van der Waals surface area contributed by atoms with Gasteiger partial charge in [-0.15, -0.1) is 0 Å². The van der Waals surface area contributed by atoms with E-state index in [2.05, 4.69) is 85.4 Å². The number of rotatable bonds is 10. The number of nitrogens with zero attached hydrogens (tertiary/aromatic N) is 3. The molecule has 0 amide bonds. The first-order valence-corrected chi connectivity index (χ1v) is 22.8. The van der Waals surface area contributed by atoms with Crippen molar-refractivity contribution < 1.29 is 17.0 Å². The van der Waals surface area contributed by atoms with Crippen LogP contribution in [-0.2, 0) is 18.7 Å². The number of hydrogen-bond donors (Lipinski definition) is 0. The van der Waals surface area contributed by atoms with Gasteiger partial charge in [0.25, 0.3) is 10.1 Å². The number of hydrogen-bond acceptors (Lipinski definition) is 5. The quantitative estimate of drug-likeness (QED) is 0.0573. The summed E-state index contributed by atoms with van der Waals surface area (Å²) in [6.45, 7) is 30.6. The van der Waals surface area contributed by atoms with Gasteiger partial charge in [-0.3, -0.25) is 4.18 Å². The fourth-order valence-electron chi connectivity index (χ4n) is 10.9. The molecule has 4 aliphatic carbocycles. The Balaban J connectivity index is 1.57. The van der Waals surface area contributed by atoms with Crippen LogP contribution in [0.1, 0.15) is 140 Å². The molecule has 0 aromatic rings. The first kappa shape index (κ1) is 37.9. The van der Waals surface area contributed by atoms with Gasteiger partial charge in [-0.05, 0) is 127 Å². The highest BCUT2D eigenvalue weighted by Crippen LogP contribution is 2.72. The molecule has 9 heteroatoms. The molecule has 1 unspecified atom stereocenters. The van der Waals surface area contributed by atoms with Crippen molar-refractivity contribution in [2.24, 2.45) is 44.5 Å². The average molecular weight is 678 g/mol. The maximum Gasteiger partial charge on any atom is 0.264 e. The zero-order chi connectivity index (χ0) is 34.9. The van der Waals surface area contributed by atoms with Crippen molar-refractivity contribution >= 4 is 18.4 Å². The monoisotopic (exact) mass is 677 g/mol. The first-order chi connectivity index (χ1) is 20.8. The van der Waals surface area contributed by atoms with Crippen LogP contribution < -0.4 is 0 Å². The molecular weight excluding hydrogens is 611 g/mol. The molecular formula is C37H67N3O4SSi. The maximum atomic E-state index is 12.1. The summed E-state index contributed by atoms with van der Waals surface area (Å²) in [5.41, 5.74) is 12.6. The van der Waals surface area contributed by atoms with Crippen molar-refractivity contribution in [3.05, 3.63) is 21.6 Å². The molecule has 0 aliphatic heterocycles. The second-order valence-corrected chi connectivity index (χ2v) is 25.6. The molecule has 264 valence electrons. The second kappa shape index (κ2) is 12.2. The van der Waals surface area contributed by atoms with E-state index in [9.17, 15) is 8.42 Å². The molecule has 0 radical (unpaired) electrons. The Hall–Kier alpha value is -0.863. The molecule has 4 rings (SSSR count). The summed E-state index contributed by atoms with van der Waals surface area (Å²) in [7, 11) is -5.55. The van der Waals surface area contributed by atoms with E-state index in [-0.39, 0.29) is 26.7 Å². The molecule has 2 saturated carbocycles. The molecule has 0 saturated heterocycles. The topological polar surface area (TPSA) is 101 Å². The number of azide groups is 1. The van der Waals surface area contributed by atoms with Crippen LogP contribution >= 0.6 is 0 Å². The Labute approximate surface area is 283 Å². The lowest BCUT2D eigenvalue weighted by Gasteiger charge is -2.63. The van der Waals surface area contributed by atoms with Gasteiger partial charge in [-0.25, -0.2) is 0 Å². The molecule has 4 aliphatic rings. The lowest BCUT2D eigenvalue weighted by molar-refractivity contribution is -0.0902. The Bertz CT molecular complexity index is 1360. The fraction of sp³-hybridized carbons (Fsp3) is 0.946. The third kappa shape index (κ3) is 6.43. The summed E-state index contributed by atoms with van der Waals surface area (Å²) in [4.78, 5) is 2.99. The lowest BCUT2D eigenvalue weighted by atomic mass is 9.43. The van der Waals surface area contributed by atoms with Crippen molar-refractivity contribution in [2.45, 2.75) is 176 Å². The van der Waals surface area contributed by atoms with E-state index in [0.717, 1.165) is 19.1 Å².